The summed E-state index contributed by atoms with van der Waals surface area (Å²) in [6.07, 6.45) is 0. The van der Waals surface area contributed by atoms with Crippen LogP contribution in [0.1, 0.15) is 0 Å². The topological polar surface area (TPSA) is 0 Å². The van der Waals surface area contributed by atoms with Gasteiger partial charge in [0.2, 0.25) is 0 Å². The standard InChI is InChI=1S/C78H51P/c1-4-22-52(23-5-1)73-61-28-10-16-34-67(61)76(68-35-17-11-29-62(68)73)55-40-46-58(47-41-55)79(59-48-42-56(43-49-59)77-69-36-18-12-30-63(69)74(53-24-6-2-7-25-53)64-31-13-19-37-70(64)77)60-50-44-57(45-51-60)78-71-38-20-14-32-65(71)75(54-26-8-3-9-27-54)66-33-15-21-39-72(66)78/h1-51H. The molecule has 0 unspecified atom stereocenters. The molecule has 0 aliphatic carbocycles. The normalized spacial score (nSPS) is 11.7. The van der Waals surface area contributed by atoms with Crippen molar-refractivity contribution in [2.24, 2.45) is 0 Å². The zero-order chi connectivity index (χ0) is 52.2. The van der Waals surface area contributed by atoms with Gasteiger partial charge in [0.05, 0.1) is 0 Å². The van der Waals surface area contributed by atoms with Crippen molar-refractivity contribution in [3.05, 3.63) is 309 Å². The van der Waals surface area contributed by atoms with E-state index in [1.807, 2.05) is 0 Å². The molecule has 0 saturated heterocycles. The Morgan fingerprint density at radius 3 is 0.430 bits per heavy atom. The van der Waals surface area contributed by atoms with Gasteiger partial charge in [0.15, 0.2) is 0 Å². The van der Waals surface area contributed by atoms with Crippen LogP contribution in [0.25, 0.3) is 131 Å². The minimum absolute atomic E-state index is 1.00. The van der Waals surface area contributed by atoms with E-state index >= 15 is 0 Å². The number of rotatable bonds is 9. The van der Waals surface area contributed by atoms with E-state index in [1.165, 1.54) is 147 Å². The van der Waals surface area contributed by atoms with E-state index in [1.54, 1.807) is 0 Å². The Balaban J connectivity index is 0.894. The third kappa shape index (κ3) is 7.95. The van der Waals surface area contributed by atoms with E-state index in [0.29, 0.717) is 0 Å². The van der Waals surface area contributed by atoms with Crippen LogP contribution in [0.3, 0.4) is 0 Å². The van der Waals surface area contributed by atoms with Crippen molar-refractivity contribution >= 4 is 88.5 Å². The summed E-state index contributed by atoms with van der Waals surface area (Å²) in [5, 5.41) is 19.1. The third-order valence-corrected chi connectivity index (χ3v) is 18.7. The molecule has 368 valence electrons. The second-order valence-electron chi connectivity index (χ2n) is 20.6. The molecule has 0 spiro atoms. The quantitative estimate of drug-likeness (QED) is 0.0998. The zero-order valence-corrected chi connectivity index (χ0v) is 44.3. The van der Waals surface area contributed by atoms with Crippen molar-refractivity contribution in [3.63, 3.8) is 0 Å². The SMILES string of the molecule is c1ccc(-c2c3ccccc3c(-c3ccc(P(c4ccc(-c5c6ccccc6c(-c6ccccc6)c6ccccc56)cc4)c4ccc(-c5c6ccccc6c(-c6ccccc6)c6ccccc56)cc4)cc3)c3ccccc23)cc1. The first-order valence-electron chi connectivity index (χ1n) is 27.3. The Hall–Kier alpha value is -9.71. The van der Waals surface area contributed by atoms with Crippen LogP contribution in [0.5, 0.6) is 0 Å². The lowest BCUT2D eigenvalue weighted by atomic mass is 9.86. The maximum atomic E-state index is 2.41. The fraction of sp³-hybridized carbons (Fsp3) is 0. The maximum absolute atomic E-state index is 2.41. The van der Waals surface area contributed by atoms with Gasteiger partial charge < -0.3 is 0 Å². The number of benzene rings is 15. The summed E-state index contributed by atoms with van der Waals surface area (Å²) in [7, 11) is -1.00. The van der Waals surface area contributed by atoms with Crippen molar-refractivity contribution in [2.75, 3.05) is 0 Å². The fourth-order valence-electron chi connectivity index (χ4n) is 12.8. The van der Waals surface area contributed by atoms with Crippen molar-refractivity contribution in [2.45, 2.75) is 0 Å². The molecule has 15 aromatic rings. The molecule has 0 aliphatic rings. The molecule has 0 saturated carbocycles. The van der Waals surface area contributed by atoms with E-state index < -0.39 is 7.92 Å². The molecule has 15 rings (SSSR count). The second kappa shape index (κ2) is 19.7. The molecule has 0 nitrogen and oxygen atoms in total. The van der Waals surface area contributed by atoms with E-state index in [4.69, 9.17) is 0 Å². The predicted molar refractivity (Wildman–Crippen MR) is 343 cm³/mol. The number of hydrogen-bond donors (Lipinski definition) is 0. The monoisotopic (exact) mass is 1020 g/mol. The largest absolute Gasteiger partial charge is 0.0622 e. The van der Waals surface area contributed by atoms with Crippen molar-refractivity contribution in [1.82, 2.24) is 0 Å². The van der Waals surface area contributed by atoms with Crippen LogP contribution < -0.4 is 15.9 Å². The molecule has 1 heteroatoms. The molecule has 15 aromatic carbocycles. The van der Waals surface area contributed by atoms with E-state index in [9.17, 15) is 0 Å². The summed E-state index contributed by atoms with van der Waals surface area (Å²) in [5.74, 6) is 0. The molecule has 0 heterocycles. The van der Waals surface area contributed by atoms with Crippen molar-refractivity contribution in [3.8, 4) is 66.8 Å². The molecule has 0 N–H and O–H groups in total. The van der Waals surface area contributed by atoms with Crippen LogP contribution in [0.4, 0.5) is 0 Å². The molecule has 0 aromatic heterocycles. The van der Waals surface area contributed by atoms with Gasteiger partial charge in [-0.3, -0.25) is 0 Å². The Labute approximate surface area is 461 Å². The van der Waals surface area contributed by atoms with Crippen molar-refractivity contribution in [1.29, 1.82) is 0 Å². The van der Waals surface area contributed by atoms with Gasteiger partial charge in [-0.1, -0.05) is 309 Å². The summed E-state index contributed by atoms with van der Waals surface area (Å²) in [6.45, 7) is 0. The predicted octanol–water partition coefficient (Wildman–Crippen LogP) is 20.4. The van der Waals surface area contributed by atoms with Crippen LogP contribution in [0, 0.1) is 0 Å². The molecule has 0 aliphatic heterocycles. The van der Waals surface area contributed by atoms with Crippen LogP contribution in [-0.2, 0) is 0 Å². The Morgan fingerprint density at radius 1 is 0.127 bits per heavy atom. The summed E-state index contributed by atoms with van der Waals surface area (Å²) in [5.41, 5.74) is 15.0. The summed E-state index contributed by atoms with van der Waals surface area (Å²) < 4.78 is 0. The summed E-state index contributed by atoms with van der Waals surface area (Å²) >= 11 is 0. The molecule has 0 radical (unpaired) electrons. The molecular weight excluding hydrogens is 968 g/mol. The van der Waals surface area contributed by atoms with E-state index in [0.717, 1.165) is 0 Å². The molecule has 79 heavy (non-hydrogen) atoms. The first-order valence-corrected chi connectivity index (χ1v) is 28.7. The van der Waals surface area contributed by atoms with Crippen LogP contribution >= 0.6 is 7.92 Å². The van der Waals surface area contributed by atoms with Crippen LogP contribution in [0.2, 0.25) is 0 Å². The van der Waals surface area contributed by atoms with Crippen LogP contribution in [-0.4, -0.2) is 0 Å². The van der Waals surface area contributed by atoms with Crippen molar-refractivity contribution < 1.29 is 0 Å². The van der Waals surface area contributed by atoms with E-state index in [2.05, 4.69) is 309 Å². The highest BCUT2D eigenvalue weighted by Gasteiger charge is 2.23. The lowest BCUT2D eigenvalue weighted by Gasteiger charge is -2.22. The number of fused-ring (bicyclic) bond motifs is 6. The van der Waals surface area contributed by atoms with Gasteiger partial charge in [-0.2, -0.15) is 0 Å². The third-order valence-electron chi connectivity index (χ3n) is 16.2. The maximum Gasteiger partial charge on any atom is -0.00264 e. The number of hydrogen-bond acceptors (Lipinski definition) is 0. The van der Waals surface area contributed by atoms with Gasteiger partial charge >= 0.3 is 0 Å². The summed E-state index contributed by atoms with van der Waals surface area (Å²) in [4.78, 5) is 0. The first kappa shape index (κ1) is 46.6. The fourth-order valence-corrected chi connectivity index (χ4v) is 15.1. The Kier molecular flexibility index (Phi) is 11.6. The average Bonchev–Trinajstić information content (AvgIpc) is 3.71. The van der Waals surface area contributed by atoms with Gasteiger partial charge in [-0.05, 0) is 155 Å². The first-order chi connectivity index (χ1) is 39.2. The van der Waals surface area contributed by atoms with Gasteiger partial charge in [0.25, 0.3) is 0 Å². The highest BCUT2D eigenvalue weighted by Crippen LogP contribution is 2.48. The highest BCUT2D eigenvalue weighted by atomic mass is 31.1. The Morgan fingerprint density at radius 2 is 0.266 bits per heavy atom. The lowest BCUT2D eigenvalue weighted by Crippen LogP contribution is -2.20. The van der Waals surface area contributed by atoms with Gasteiger partial charge in [-0.15, -0.1) is 0 Å². The van der Waals surface area contributed by atoms with E-state index in [-0.39, 0.29) is 0 Å². The highest BCUT2D eigenvalue weighted by molar-refractivity contribution is 7.79. The second-order valence-corrected chi connectivity index (χ2v) is 22.8. The lowest BCUT2D eigenvalue weighted by molar-refractivity contribution is 1.65. The molecule has 0 atom stereocenters. The van der Waals surface area contributed by atoms with Crippen LogP contribution in [0.15, 0.2) is 309 Å². The average molecular weight is 1020 g/mol. The smallest absolute Gasteiger partial charge is 0.00264 e. The molecule has 0 fully saturated rings. The minimum atomic E-state index is -1.00. The summed E-state index contributed by atoms with van der Waals surface area (Å²) in [6, 6.07) is 115. The minimum Gasteiger partial charge on any atom is -0.0622 e. The molecule has 0 bridgehead atoms. The zero-order valence-electron chi connectivity index (χ0n) is 43.4. The van der Waals surface area contributed by atoms with Gasteiger partial charge in [0.1, 0.15) is 0 Å². The molecular formula is C78H51P. The van der Waals surface area contributed by atoms with Gasteiger partial charge in [-0.25, -0.2) is 0 Å². The van der Waals surface area contributed by atoms with Gasteiger partial charge in [0, 0.05) is 0 Å². The Bertz CT molecular complexity index is 4110. The molecule has 0 amide bonds.